The Morgan fingerprint density at radius 3 is 2.39 bits per heavy atom. The number of hydrogen-bond donors (Lipinski definition) is 0. The minimum absolute atomic E-state index is 0.00796. The van der Waals surface area contributed by atoms with Crippen LogP contribution in [0.2, 0.25) is 0 Å². The summed E-state index contributed by atoms with van der Waals surface area (Å²) in [5, 5.41) is 0.234. The van der Waals surface area contributed by atoms with Crippen molar-refractivity contribution in [2.45, 2.75) is 37.4 Å². The third kappa shape index (κ3) is 3.75. The lowest BCUT2D eigenvalue weighted by molar-refractivity contribution is 0.102. The molecule has 1 aromatic rings. The molecule has 0 saturated heterocycles. The molecule has 2 rings (SSSR count). The van der Waals surface area contributed by atoms with Crippen molar-refractivity contribution in [2.24, 2.45) is 0 Å². The van der Waals surface area contributed by atoms with Crippen LogP contribution < -0.4 is 0 Å². The number of carbonyl (C=O) groups excluding carboxylic acids is 1. The van der Waals surface area contributed by atoms with E-state index >= 15 is 0 Å². The van der Waals surface area contributed by atoms with Crippen molar-refractivity contribution in [1.29, 1.82) is 0 Å². The van der Waals surface area contributed by atoms with E-state index in [-0.39, 0.29) is 16.8 Å². The Balaban J connectivity index is 1.94. The summed E-state index contributed by atoms with van der Waals surface area (Å²) >= 11 is 3.34. The maximum absolute atomic E-state index is 12.1. The molecule has 0 spiro atoms. The van der Waals surface area contributed by atoms with Crippen LogP contribution in [-0.2, 0) is 10.8 Å². The third-order valence-corrected chi connectivity index (χ3v) is 5.65. The van der Waals surface area contributed by atoms with Crippen LogP contribution in [-0.4, -0.2) is 21.0 Å². The monoisotopic (exact) mass is 328 g/mol. The molecular weight excluding hydrogens is 312 g/mol. The fourth-order valence-electron chi connectivity index (χ4n) is 2.29. The summed E-state index contributed by atoms with van der Waals surface area (Å²) in [6.45, 7) is 0. The molecule has 1 saturated carbocycles. The Labute approximate surface area is 119 Å². The van der Waals surface area contributed by atoms with Crippen LogP contribution in [0.25, 0.3) is 0 Å². The van der Waals surface area contributed by atoms with Crippen molar-refractivity contribution in [3.05, 3.63) is 34.3 Å². The van der Waals surface area contributed by atoms with Crippen LogP contribution in [0.15, 0.2) is 28.7 Å². The molecule has 18 heavy (non-hydrogen) atoms. The van der Waals surface area contributed by atoms with Gasteiger partial charge in [0.1, 0.15) is 0 Å². The van der Waals surface area contributed by atoms with Gasteiger partial charge in [0.05, 0.1) is 5.75 Å². The molecule has 1 unspecified atom stereocenters. The summed E-state index contributed by atoms with van der Waals surface area (Å²) < 4.78 is 13.1. The average molecular weight is 329 g/mol. The van der Waals surface area contributed by atoms with Gasteiger partial charge in [-0.15, -0.1) is 0 Å². The van der Waals surface area contributed by atoms with E-state index in [1.54, 1.807) is 12.1 Å². The molecule has 1 fully saturated rings. The molecular formula is C14H17BrO2S. The quantitative estimate of drug-likeness (QED) is 0.789. The predicted octanol–water partition coefficient (Wildman–Crippen LogP) is 3.71. The largest absolute Gasteiger partial charge is 0.293 e. The molecule has 1 aliphatic rings. The number of ketones is 1. The molecule has 1 aliphatic carbocycles. The summed E-state index contributed by atoms with van der Waals surface area (Å²) in [7, 11) is -1.00. The van der Waals surface area contributed by atoms with Crippen molar-refractivity contribution in [3.8, 4) is 0 Å². The lowest BCUT2D eigenvalue weighted by Gasteiger charge is -2.20. The molecule has 2 nitrogen and oxygen atoms in total. The van der Waals surface area contributed by atoms with E-state index in [0.29, 0.717) is 5.56 Å². The maximum Gasteiger partial charge on any atom is 0.175 e. The molecule has 0 N–H and O–H groups in total. The van der Waals surface area contributed by atoms with E-state index in [9.17, 15) is 9.00 Å². The first kappa shape index (κ1) is 13.9. The molecule has 0 aromatic heterocycles. The van der Waals surface area contributed by atoms with E-state index in [0.717, 1.165) is 30.2 Å². The zero-order valence-electron chi connectivity index (χ0n) is 10.2. The van der Waals surface area contributed by atoms with Crippen molar-refractivity contribution >= 4 is 32.5 Å². The van der Waals surface area contributed by atoms with Gasteiger partial charge in [0.15, 0.2) is 5.78 Å². The minimum Gasteiger partial charge on any atom is -0.293 e. The number of Topliss-reactive ketones (excluding diaryl/α,β-unsaturated/α-hetero) is 1. The first-order valence-corrected chi connectivity index (χ1v) is 8.50. The highest BCUT2D eigenvalue weighted by atomic mass is 79.9. The van der Waals surface area contributed by atoms with Crippen molar-refractivity contribution in [1.82, 2.24) is 0 Å². The molecule has 0 aliphatic heterocycles. The van der Waals surface area contributed by atoms with Gasteiger partial charge in [-0.1, -0.05) is 47.3 Å². The van der Waals surface area contributed by atoms with Crippen LogP contribution >= 0.6 is 15.9 Å². The van der Waals surface area contributed by atoms with E-state index in [1.165, 1.54) is 6.42 Å². The molecule has 0 amide bonds. The number of rotatable bonds is 4. The maximum atomic E-state index is 12.1. The van der Waals surface area contributed by atoms with Gasteiger partial charge in [0.25, 0.3) is 0 Å². The second kappa shape index (κ2) is 6.62. The number of halogens is 1. The van der Waals surface area contributed by atoms with Gasteiger partial charge in [0.2, 0.25) is 0 Å². The van der Waals surface area contributed by atoms with Crippen molar-refractivity contribution in [2.75, 3.05) is 5.75 Å². The van der Waals surface area contributed by atoms with Gasteiger partial charge < -0.3 is 0 Å². The van der Waals surface area contributed by atoms with Gasteiger partial charge in [-0.2, -0.15) is 0 Å². The lowest BCUT2D eigenvalue weighted by atomic mass is 10.0. The van der Waals surface area contributed by atoms with Crippen LogP contribution in [0.5, 0.6) is 0 Å². The second-order valence-electron chi connectivity index (χ2n) is 4.72. The molecule has 1 aromatic carbocycles. The van der Waals surface area contributed by atoms with Crippen LogP contribution in [0.3, 0.4) is 0 Å². The summed E-state index contributed by atoms with van der Waals surface area (Å²) in [5.41, 5.74) is 0.655. The van der Waals surface area contributed by atoms with Gasteiger partial charge >= 0.3 is 0 Å². The third-order valence-electron chi connectivity index (χ3n) is 3.36. The Bertz CT molecular complexity index is 436. The van der Waals surface area contributed by atoms with Gasteiger partial charge in [-0.05, 0) is 25.0 Å². The SMILES string of the molecule is O=C(CS(=O)C1CCCCC1)c1ccc(Br)cc1. The summed E-state index contributed by atoms with van der Waals surface area (Å²) in [6.07, 6.45) is 5.58. The summed E-state index contributed by atoms with van der Waals surface area (Å²) in [4.78, 5) is 12.0. The first-order valence-electron chi connectivity index (χ1n) is 6.33. The van der Waals surface area contributed by atoms with E-state index < -0.39 is 10.8 Å². The number of hydrogen-bond acceptors (Lipinski definition) is 2. The van der Waals surface area contributed by atoms with Crippen molar-refractivity contribution in [3.63, 3.8) is 0 Å². The molecule has 0 heterocycles. The number of benzene rings is 1. The number of carbonyl (C=O) groups is 1. The second-order valence-corrected chi connectivity index (χ2v) is 7.35. The Morgan fingerprint density at radius 1 is 1.17 bits per heavy atom. The van der Waals surface area contributed by atoms with Crippen molar-refractivity contribution < 1.29 is 9.00 Å². The molecule has 1 atom stereocenters. The first-order chi connectivity index (χ1) is 8.66. The van der Waals surface area contributed by atoms with Crippen LogP contribution in [0, 0.1) is 0 Å². The lowest BCUT2D eigenvalue weighted by Crippen LogP contribution is -2.24. The van der Waals surface area contributed by atoms with Gasteiger partial charge in [0, 0.05) is 26.1 Å². The Morgan fingerprint density at radius 2 is 1.78 bits per heavy atom. The normalized spacial score (nSPS) is 18.5. The zero-order chi connectivity index (χ0) is 13.0. The van der Waals surface area contributed by atoms with E-state index in [2.05, 4.69) is 15.9 Å². The molecule has 0 bridgehead atoms. The van der Waals surface area contributed by atoms with E-state index in [4.69, 9.17) is 0 Å². The average Bonchev–Trinajstić information content (AvgIpc) is 2.40. The van der Waals surface area contributed by atoms with E-state index in [1.807, 2.05) is 12.1 Å². The smallest absolute Gasteiger partial charge is 0.175 e. The summed E-state index contributed by atoms with van der Waals surface area (Å²) in [5.74, 6) is 0.165. The predicted molar refractivity (Wildman–Crippen MR) is 78.4 cm³/mol. The Kier molecular flexibility index (Phi) is 5.13. The summed E-state index contributed by atoms with van der Waals surface area (Å²) in [6, 6.07) is 7.25. The highest BCUT2D eigenvalue weighted by Crippen LogP contribution is 2.22. The topological polar surface area (TPSA) is 34.1 Å². The standard InChI is InChI=1S/C14H17BrO2S/c15-12-8-6-11(7-9-12)14(16)10-18(17)13-4-2-1-3-5-13/h6-9,13H,1-5,10H2. The van der Waals surface area contributed by atoms with Crippen LogP contribution in [0.1, 0.15) is 42.5 Å². The molecule has 0 radical (unpaired) electrons. The fraction of sp³-hybridized carbons (Fsp3) is 0.500. The molecule has 4 heteroatoms. The van der Waals surface area contributed by atoms with Crippen LogP contribution in [0.4, 0.5) is 0 Å². The minimum atomic E-state index is -1.00. The highest BCUT2D eigenvalue weighted by molar-refractivity contribution is 9.10. The van der Waals surface area contributed by atoms with Gasteiger partial charge in [-0.25, -0.2) is 0 Å². The highest BCUT2D eigenvalue weighted by Gasteiger charge is 2.22. The van der Waals surface area contributed by atoms with Gasteiger partial charge in [-0.3, -0.25) is 9.00 Å². The fourth-order valence-corrected chi connectivity index (χ4v) is 4.08. The zero-order valence-corrected chi connectivity index (χ0v) is 12.6. The Hall–Kier alpha value is -0.480. The molecule has 98 valence electrons.